The molecule has 6 nitrogen and oxygen atoms in total. The first-order valence-electron chi connectivity index (χ1n) is 7.70. The molecule has 1 aromatic rings. The number of nitrogens with two attached hydrogens (primary N) is 1. The van der Waals surface area contributed by atoms with E-state index in [1.54, 1.807) is 0 Å². The van der Waals surface area contributed by atoms with Gasteiger partial charge in [-0.1, -0.05) is 6.92 Å². The molecule has 0 unspecified atom stereocenters. The quantitative estimate of drug-likeness (QED) is 0.872. The van der Waals surface area contributed by atoms with Gasteiger partial charge in [-0.3, -0.25) is 4.79 Å². The summed E-state index contributed by atoms with van der Waals surface area (Å²) in [7, 11) is 0. The zero-order chi connectivity index (χ0) is 15.2. The standard InChI is InChI=1S/C15H25N5O/c1-3-14-13(11-12(2)17-18-14)15(21)20-7-4-6-19(8-5-16)9-10-20/h11H,3-10,16H2,1-2H3. The average Bonchev–Trinajstić information content (AvgIpc) is 2.72. The smallest absolute Gasteiger partial charge is 0.255 e. The van der Waals surface area contributed by atoms with Crippen LogP contribution in [0.5, 0.6) is 0 Å². The Labute approximate surface area is 126 Å². The largest absolute Gasteiger partial charge is 0.337 e. The molecule has 21 heavy (non-hydrogen) atoms. The van der Waals surface area contributed by atoms with Gasteiger partial charge >= 0.3 is 0 Å². The van der Waals surface area contributed by atoms with Gasteiger partial charge in [0.25, 0.3) is 5.91 Å². The van der Waals surface area contributed by atoms with Crippen LogP contribution in [0, 0.1) is 6.92 Å². The summed E-state index contributed by atoms with van der Waals surface area (Å²) >= 11 is 0. The van der Waals surface area contributed by atoms with Crippen LogP contribution >= 0.6 is 0 Å². The third-order valence-electron chi connectivity index (χ3n) is 3.88. The van der Waals surface area contributed by atoms with Crippen LogP contribution < -0.4 is 5.73 Å². The lowest BCUT2D eigenvalue weighted by atomic mass is 10.1. The number of amides is 1. The molecule has 0 radical (unpaired) electrons. The van der Waals surface area contributed by atoms with E-state index in [1.165, 1.54) is 0 Å². The van der Waals surface area contributed by atoms with Crippen molar-refractivity contribution in [1.82, 2.24) is 20.0 Å². The minimum atomic E-state index is 0.0828. The Kier molecular flexibility index (Phi) is 5.64. The van der Waals surface area contributed by atoms with Crippen molar-refractivity contribution >= 4 is 5.91 Å². The van der Waals surface area contributed by atoms with E-state index in [0.717, 1.165) is 57.0 Å². The van der Waals surface area contributed by atoms with Crippen LogP contribution in [0.2, 0.25) is 0 Å². The zero-order valence-electron chi connectivity index (χ0n) is 13.0. The topological polar surface area (TPSA) is 75.4 Å². The Bertz CT molecular complexity index is 491. The normalized spacial score (nSPS) is 16.8. The lowest BCUT2D eigenvalue weighted by Crippen LogP contribution is -2.37. The van der Waals surface area contributed by atoms with Crippen molar-refractivity contribution in [2.75, 3.05) is 39.3 Å². The maximum atomic E-state index is 12.8. The summed E-state index contributed by atoms with van der Waals surface area (Å²) in [4.78, 5) is 17.0. The summed E-state index contributed by atoms with van der Waals surface area (Å²) in [5.74, 6) is 0.0828. The predicted molar refractivity (Wildman–Crippen MR) is 82.2 cm³/mol. The Morgan fingerprint density at radius 3 is 2.81 bits per heavy atom. The Hall–Kier alpha value is -1.53. The molecule has 1 aromatic heterocycles. The predicted octanol–water partition coefficient (Wildman–Crippen LogP) is 0.454. The summed E-state index contributed by atoms with van der Waals surface area (Å²) in [6.07, 6.45) is 1.71. The van der Waals surface area contributed by atoms with Crippen LogP contribution in [0.1, 0.15) is 35.1 Å². The highest BCUT2D eigenvalue weighted by Gasteiger charge is 2.22. The van der Waals surface area contributed by atoms with Gasteiger partial charge in [-0.25, -0.2) is 0 Å². The molecule has 0 aliphatic carbocycles. The summed E-state index contributed by atoms with van der Waals surface area (Å²) in [6, 6.07) is 1.86. The van der Waals surface area contributed by atoms with Crippen LogP contribution in [-0.2, 0) is 6.42 Å². The maximum Gasteiger partial charge on any atom is 0.255 e. The van der Waals surface area contributed by atoms with Crippen LogP contribution in [0.3, 0.4) is 0 Å². The molecule has 1 saturated heterocycles. The van der Waals surface area contributed by atoms with Crippen molar-refractivity contribution in [2.45, 2.75) is 26.7 Å². The molecule has 0 atom stereocenters. The molecule has 2 rings (SSSR count). The van der Waals surface area contributed by atoms with E-state index in [2.05, 4.69) is 15.1 Å². The van der Waals surface area contributed by atoms with Gasteiger partial charge in [0.15, 0.2) is 0 Å². The van der Waals surface area contributed by atoms with E-state index >= 15 is 0 Å². The van der Waals surface area contributed by atoms with Crippen molar-refractivity contribution in [3.63, 3.8) is 0 Å². The highest BCUT2D eigenvalue weighted by molar-refractivity contribution is 5.95. The fourth-order valence-corrected chi connectivity index (χ4v) is 2.71. The molecule has 1 aliphatic heterocycles. The Balaban J connectivity index is 2.11. The fraction of sp³-hybridized carbons (Fsp3) is 0.667. The van der Waals surface area contributed by atoms with Crippen molar-refractivity contribution in [2.24, 2.45) is 5.73 Å². The molecule has 1 aliphatic rings. The highest BCUT2D eigenvalue weighted by Crippen LogP contribution is 2.13. The number of aryl methyl sites for hydroxylation is 2. The summed E-state index contributed by atoms with van der Waals surface area (Å²) < 4.78 is 0. The van der Waals surface area contributed by atoms with Gasteiger partial charge in [0.2, 0.25) is 0 Å². The third-order valence-corrected chi connectivity index (χ3v) is 3.88. The number of hydrogen-bond donors (Lipinski definition) is 1. The van der Waals surface area contributed by atoms with E-state index in [4.69, 9.17) is 5.73 Å². The first kappa shape index (κ1) is 15.9. The minimum Gasteiger partial charge on any atom is -0.337 e. The van der Waals surface area contributed by atoms with Crippen LogP contribution in [0.4, 0.5) is 0 Å². The summed E-state index contributed by atoms with van der Waals surface area (Å²) in [5.41, 5.74) is 7.89. The van der Waals surface area contributed by atoms with Crippen molar-refractivity contribution in [3.8, 4) is 0 Å². The van der Waals surface area contributed by atoms with Crippen molar-refractivity contribution < 1.29 is 4.79 Å². The van der Waals surface area contributed by atoms with Crippen LogP contribution in [-0.4, -0.2) is 65.2 Å². The highest BCUT2D eigenvalue weighted by atomic mass is 16.2. The lowest BCUT2D eigenvalue weighted by Gasteiger charge is -2.22. The number of nitrogens with zero attached hydrogens (tertiary/aromatic N) is 4. The number of aromatic nitrogens is 2. The molecular formula is C15H25N5O. The van der Waals surface area contributed by atoms with Gasteiger partial charge in [-0.2, -0.15) is 10.2 Å². The number of carbonyl (C=O) groups is 1. The van der Waals surface area contributed by atoms with Gasteiger partial charge in [-0.05, 0) is 32.4 Å². The van der Waals surface area contributed by atoms with Gasteiger partial charge in [-0.15, -0.1) is 0 Å². The Morgan fingerprint density at radius 2 is 2.10 bits per heavy atom. The molecule has 2 heterocycles. The number of hydrogen-bond acceptors (Lipinski definition) is 5. The molecule has 116 valence electrons. The van der Waals surface area contributed by atoms with E-state index in [0.29, 0.717) is 12.1 Å². The van der Waals surface area contributed by atoms with E-state index in [1.807, 2.05) is 24.8 Å². The van der Waals surface area contributed by atoms with Gasteiger partial charge in [0.05, 0.1) is 17.0 Å². The molecule has 2 N–H and O–H groups in total. The van der Waals surface area contributed by atoms with E-state index in [9.17, 15) is 4.79 Å². The van der Waals surface area contributed by atoms with E-state index in [-0.39, 0.29) is 5.91 Å². The van der Waals surface area contributed by atoms with Crippen molar-refractivity contribution in [3.05, 3.63) is 23.0 Å². The third kappa shape index (κ3) is 3.98. The SMILES string of the molecule is CCc1nnc(C)cc1C(=O)N1CCCN(CCN)CC1. The van der Waals surface area contributed by atoms with Gasteiger partial charge in [0.1, 0.15) is 0 Å². The maximum absolute atomic E-state index is 12.8. The Morgan fingerprint density at radius 1 is 1.29 bits per heavy atom. The molecule has 0 aromatic carbocycles. The molecular weight excluding hydrogens is 266 g/mol. The molecule has 0 spiro atoms. The fourth-order valence-electron chi connectivity index (χ4n) is 2.71. The summed E-state index contributed by atoms with van der Waals surface area (Å²) in [6.45, 7) is 8.89. The first-order chi connectivity index (χ1) is 10.2. The second-order valence-electron chi connectivity index (χ2n) is 5.48. The monoisotopic (exact) mass is 291 g/mol. The summed E-state index contributed by atoms with van der Waals surface area (Å²) in [5, 5.41) is 8.21. The second-order valence-corrected chi connectivity index (χ2v) is 5.48. The van der Waals surface area contributed by atoms with E-state index < -0.39 is 0 Å². The molecule has 6 heteroatoms. The van der Waals surface area contributed by atoms with Crippen LogP contribution in [0.15, 0.2) is 6.07 Å². The van der Waals surface area contributed by atoms with Crippen molar-refractivity contribution in [1.29, 1.82) is 0 Å². The molecule has 1 fully saturated rings. The first-order valence-corrected chi connectivity index (χ1v) is 7.70. The zero-order valence-corrected chi connectivity index (χ0v) is 13.0. The van der Waals surface area contributed by atoms with Gasteiger partial charge in [0, 0.05) is 32.7 Å². The lowest BCUT2D eigenvalue weighted by molar-refractivity contribution is 0.0759. The minimum absolute atomic E-state index is 0.0828. The average molecular weight is 291 g/mol. The number of carbonyl (C=O) groups excluding carboxylic acids is 1. The van der Waals surface area contributed by atoms with Crippen LogP contribution in [0.25, 0.3) is 0 Å². The second kappa shape index (κ2) is 7.47. The molecule has 0 bridgehead atoms. The molecule has 1 amide bonds. The van der Waals surface area contributed by atoms with Gasteiger partial charge < -0.3 is 15.5 Å². The molecule has 0 saturated carbocycles. The number of rotatable bonds is 4.